The Kier molecular flexibility index (Phi) is 5.32. The molecular formula is C14H25N3O2S. The van der Waals surface area contributed by atoms with E-state index in [9.17, 15) is 9.59 Å². The van der Waals surface area contributed by atoms with Crippen molar-refractivity contribution in [1.82, 2.24) is 15.5 Å². The van der Waals surface area contributed by atoms with Crippen LogP contribution in [0.25, 0.3) is 0 Å². The highest BCUT2D eigenvalue weighted by atomic mass is 32.2. The number of rotatable bonds is 4. The average molecular weight is 299 g/mol. The molecule has 20 heavy (non-hydrogen) atoms. The topological polar surface area (TPSA) is 61.4 Å². The van der Waals surface area contributed by atoms with E-state index < -0.39 is 5.41 Å². The molecule has 2 aliphatic heterocycles. The van der Waals surface area contributed by atoms with Crippen LogP contribution < -0.4 is 10.6 Å². The lowest BCUT2D eigenvalue weighted by Gasteiger charge is -2.24. The van der Waals surface area contributed by atoms with Gasteiger partial charge in [-0.2, -0.15) is 0 Å². The van der Waals surface area contributed by atoms with E-state index >= 15 is 0 Å². The first kappa shape index (κ1) is 15.6. The molecule has 1 unspecified atom stereocenters. The summed E-state index contributed by atoms with van der Waals surface area (Å²) in [6.07, 6.45) is 3.05. The van der Waals surface area contributed by atoms with Gasteiger partial charge < -0.3 is 15.5 Å². The van der Waals surface area contributed by atoms with Crippen LogP contribution in [-0.2, 0) is 9.59 Å². The molecule has 0 aromatic carbocycles. The molecular weight excluding hydrogens is 274 g/mol. The second-order valence-electron chi connectivity index (χ2n) is 5.97. The monoisotopic (exact) mass is 299 g/mol. The van der Waals surface area contributed by atoms with Gasteiger partial charge in [0.1, 0.15) is 0 Å². The first-order chi connectivity index (χ1) is 9.55. The molecule has 2 fully saturated rings. The third-order valence-electron chi connectivity index (χ3n) is 4.33. The average Bonchev–Trinajstić information content (AvgIpc) is 2.89. The SMILES string of the molecule is CNC(=O)C1(C)CCN(C(=O)CSC2CCNCC2)C1. The maximum atomic E-state index is 12.2. The number of hydrogen-bond acceptors (Lipinski definition) is 4. The third-order valence-corrected chi connectivity index (χ3v) is 5.69. The van der Waals surface area contributed by atoms with Crippen molar-refractivity contribution in [3.8, 4) is 0 Å². The second-order valence-corrected chi connectivity index (χ2v) is 7.25. The molecule has 2 rings (SSSR count). The van der Waals surface area contributed by atoms with Crippen molar-refractivity contribution in [3.05, 3.63) is 0 Å². The van der Waals surface area contributed by atoms with Gasteiger partial charge in [0.2, 0.25) is 11.8 Å². The van der Waals surface area contributed by atoms with Crippen molar-refractivity contribution in [2.75, 3.05) is 39.0 Å². The van der Waals surface area contributed by atoms with Crippen LogP contribution in [0.1, 0.15) is 26.2 Å². The predicted octanol–water partition coefficient (Wildman–Crippen LogP) is 0.456. The number of carbonyl (C=O) groups excluding carboxylic acids is 2. The Bertz CT molecular complexity index is 371. The zero-order valence-corrected chi connectivity index (χ0v) is 13.2. The van der Waals surface area contributed by atoms with E-state index in [4.69, 9.17) is 0 Å². The number of hydrogen-bond donors (Lipinski definition) is 2. The highest BCUT2D eigenvalue weighted by Crippen LogP contribution is 2.31. The highest BCUT2D eigenvalue weighted by molar-refractivity contribution is 8.00. The summed E-state index contributed by atoms with van der Waals surface area (Å²) in [7, 11) is 1.66. The summed E-state index contributed by atoms with van der Waals surface area (Å²) >= 11 is 1.77. The molecule has 0 bridgehead atoms. The predicted molar refractivity (Wildman–Crippen MR) is 81.7 cm³/mol. The van der Waals surface area contributed by atoms with E-state index in [2.05, 4.69) is 10.6 Å². The molecule has 114 valence electrons. The summed E-state index contributed by atoms with van der Waals surface area (Å²) < 4.78 is 0. The zero-order valence-electron chi connectivity index (χ0n) is 12.4. The molecule has 0 saturated carbocycles. The maximum absolute atomic E-state index is 12.2. The van der Waals surface area contributed by atoms with Crippen LogP contribution in [-0.4, -0.2) is 60.9 Å². The number of thioether (sulfide) groups is 1. The van der Waals surface area contributed by atoms with E-state index in [1.165, 1.54) is 0 Å². The molecule has 2 saturated heterocycles. The van der Waals surface area contributed by atoms with Gasteiger partial charge in [0.15, 0.2) is 0 Å². The van der Waals surface area contributed by atoms with Gasteiger partial charge in [0.05, 0.1) is 11.2 Å². The fourth-order valence-corrected chi connectivity index (χ4v) is 4.03. The van der Waals surface area contributed by atoms with Crippen molar-refractivity contribution in [1.29, 1.82) is 0 Å². The number of amides is 2. The summed E-state index contributed by atoms with van der Waals surface area (Å²) in [5.41, 5.74) is -0.413. The number of nitrogens with one attached hydrogen (secondary N) is 2. The highest BCUT2D eigenvalue weighted by Gasteiger charge is 2.41. The van der Waals surface area contributed by atoms with E-state index in [-0.39, 0.29) is 11.8 Å². The zero-order chi connectivity index (χ0) is 14.6. The van der Waals surface area contributed by atoms with Gasteiger partial charge >= 0.3 is 0 Å². The summed E-state index contributed by atoms with van der Waals surface area (Å²) in [5.74, 6) is 0.772. The van der Waals surface area contributed by atoms with E-state index in [0.29, 0.717) is 24.1 Å². The van der Waals surface area contributed by atoms with Crippen LogP contribution in [0.3, 0.4) is 0 Å². The molecule has 1 atom stereocenters. The molecule has 0 spiro atoms. The quantitative estimate of drug-likeness (QED) is 0.791. The lowest BCUT2D eigenvalue weighted by atomic mass is 9.89. The number of likely N-dealkylation sites (tertiary alicyclic amines) is 1. The largest absolute Gasteiger partial charge is 0.359 e. The summed E-state index contributed by atoms with van der Waals surface area (Å²) in [6, 6.07) is 0. The van der Waals surface area contributed by atoms with Gasteiger partial charge in [-0.15, -0.1) is 11.8 Å². The molecule has 0 aliphatic carbocycles. The molecule has 2 amide bonds. The summed E-state index contributed by atoms with van der Waals surface area (Å²) in [4.78, 5) is 25.9. The smallest absolute Gasteiger partial charge is 0.232 e. The third kappa shape index (κ3) is 3.67. The molecule has 2 heterocycles. The second kappa shape index (κ2) is 6.80. The molecule has 0 radical (unpaired) electrons. The first-order valence-corrected chi connectivity index (χ1v) is 8.42. The van der Waals surface area contributed by atoms with E-state index in [1.54, 1.807) is 18.8 Å². The van der Waals surface area contributed by atoms with Gasteiger partial charge in [-0.25, -0.2) is 0 Å². The van der Waals surface area contributed by atoms with Gasteiger partial charge in [-0.3, -0.25) is 9.59 Å². The Morgan fingerprint density at radius 2 is 2.10 bits per heavy atom. The number of piperidine rings is 1. The molecule has 0 aromatic heterocycles. The van der Waals surface area contributed by atoms with Gasteiger partial charge in [0, 0.05) is 25.4 Å². The Balaban J connectivity index is 1.77. The fourth-order valence-electron chi connectivity index (χ4n) is 2.90. The summed E-state index contributed by atoms with van der Waals surface area (Å²) in [5, 5.41) is 6.64. The molecule has 0 aromatic rings. The van der Waals surface area contributed by atoms with Crippen LogP contribution in [0, 0.1) is 5.41 Å². The van der Waals surface area contributed by atoms with Gasteiger partial charge in [-0.1, -0.05) is 0 Å². The minimum Gasteiger partial charge on any atom is -0.359 e. The lowest BCUT2D eigenvalue weighted by Crippen LogP contribution is -2.40. The number of carbonyl (C=O) groups is 2. The maximum Gasteiger partial charge on any atom is 0.232 e. The summed E-state index contributed by atoms with van der Waals surface area (Å²) in [6.45, 7) is 5.32. The Morgan fingerprint density at radius 1 is 1.40 bits per heavy atom. The molecule has 2 N–H and O–H groups in total. The van der Waals surface area contributed by atoms with Gasteiger partial charge in [-0.05, 0) is 39.3 Å². The van der Waals surface area contributed by atoms with Crippen LogP contribution in [0.5, 0.6) is 0 Å². The van der Waals surface area contributed by atoms with E-state index in [0.717, 1.165) is 32.4 Å². The lowest BCUT2D eigenvalue weighted by molar-refractivity contribution is -0.131. The Morgan fingerprint density at radius 3 is 2.75 bits per heavy atom. The van der Waals surface area contributed by atoms with Crippen molar-refractivity contribution < 1.29 is 9.59 Å². The number of nitrogens with zero attached hydrogens (tertiary/aromatic N) is 1. The van der Waals surface area contributed by atoms with Crippen LogP contribution in [0.4, 0.5) is 0 Å². The van der Waals surface area contributed by atoms with E-state index in [1.807, 2.05) is 11.8 Å². The van der Waals surface area contributed by atoms with Crippen LogP contribution in [0.2, 0.25) is 0 Å². The molecule has 6 heteroatoms. The normalized spacial score (nSPS) is 27.6. The Labute approximate surface area is 125 Å². The van der Waals surface area contributed by atoms with Crippen molar-refractivity contribution in [3.63, 3.8) is 0 Å². The minimum absolute atomic E-state index is 0.0406. The fraction of sp³-hybridized carbons (Fsp3) is 0.857. The van der Waals surface area contributed by atoms with Crippen molar-refractivity contribution >= 4 is 23.6 Å². The standard InChI is InChI=1S/C14H25N3O2S/c1-14(13(19)15-2)5-8-17(10-14)12(18)9-20-11-3-6-16-7-4-11/h11,16H,3-10H2,1-2H3,(H,15,19). The molecule has 2 aliphatic rings. The van der Waals surface area contributed by atoms with Crippen LogP contribution >= 0.6 is 11.8 Å². The van der Waals surface area contributed by atoms with Crippen LogP contribution in [0.15, 0.2) is 0 Å². The van der Waals surface area contributed by atoms with Gasteiger partial charge in [0.25, 0.3) is 0 Å². The van der Waals surface area contributed by atoms with Crippen molar-refractivity contribution in [2.45, 2.75) is 31.4 Å². The van der Waals surface area contributed by atoms with Crippen molar-refractivity contribution in [2.24, 2.45) is 5.41 Å². The minimum atomic E-state index is -0.413. The Hall–Kier alpha value is -0.750. The molecule has 5 nitrogen and oxygen atoms in total. The first-order valence-electron chi connectivity index (χ1n) is 7.37.